The number of phenols is 2. The molecule has 13 heteroatoms. The van der Waals surface area contributed by atoms with Gasteiger partial charge in [-0.05, 0) is 30.3 Å². The van der Waals surface area contributed by atoms with E-state index in [-0.39, 0.29) is 18.2 Å². The zero-order valence-electron chi connectivity index (χ0n) is 14.3. The average Bonchev–Trinajstić information content (AvgIpc) is 2.59. The van der Waals surface area contributed by atoms with Crippen LogP contribution < -0.4 is 9.44 Å². The van der Waals surface area contributed by atoms with Crippen molar-refractivity contribution in [1.82, 2.24) is 4.72 Å². The Morgan fingerprint density at radius 3 is 2.39 bits per heavy atom. The van der Waals surface area contributed by atoms with Crippen LogP contribution in [-0.4, -0.2) is 47.3 Å². The number of halogens is 2. The third-order valence-electron chi connectivity index (χ3n) is 3.38. The Bertz CT molecular complexity index is 1090. The van der Waals surface area contributed by atoms with E-state index >= 15 is 0 Å². The van der Waals surface area contributed by atoms with Crippen molar-refractivity contribution in [3.8, 4) is 11.5 Å². The number of sulfonamides is 2. The van der Waals surface area contributed by atoms with Crippen molar-refractivity contribution in [2.75, 3.05) is 25.0 Å². The first-order valence-electron chi connectivity index (χ1n) is 7.50. The maximum Gasteiger partial charge on any atom is 0.265 e. The molecule has 28 heavy (non-hydrogen) atoms. The summed E-state index contributed by atoms with van der Waals surface area (Å²) in [5, 5.41) is 20.0. The number of anilines is 1. The van der Waals surface area contributed by atoms with Crippen LogP contribution in [0.2, 0.25) is 5.02 Å². The molecule has 0 fully saturated rings. The van der Waals surface area contributed by atoms with Crippen molar-refractivity contribution >= 4 is 53.3 Å². The summed E-state index contributed by atoms with van der Waals surface area (Å²) in [7, 11) is -7.19. The molecule has 2 rings (SSSR count). The molecule has 4 N–H and O–H groups in total. The third kappa shape index (κ3) is 5.27. The van der Waals surface area contributed by atoms with Gasteiger partial charge in [0.25, 0.3) is 10.0 Å². The van der Waals surface area contributed by atoms with Crippen molar-refractivity contribution in [3.05, 3.63) is 39.8 Å². The lowest BCUT2D eigenvalue weighted by atomic mass is 10.3. The molecule has 0 heterocycles. The van der Waals surface area contributed by atoms with Crippen LogP contribution in [0, 0.1) is 0 Å². The topological polar surface area (TPSA) is 142 Å². The SMILES string of the molecule is COCCNS(=O)(=O)c1cc(Cl)cc(NS(=O)(=O)c2cc(Br)ccc2O)c1O. The fourth-order valence-electron chi connectivity index (χ4n) is 2.12. The highest BCUT2D eigenvalue weighted by molar-refractivity contribution is 9.10. The Kier molecular flexibility index (Phi) is 7.17. The summed E-state index contributed by atoms with van der Waals surface area (Å²) in [6.07, 6.45) is 0. The summed E-state index contributed by atoms with van der Waals surface area (Å²) in [5.41, 5.74) is -0.473. The van der Waals surface area contributed by atoms with Crippen LogP contribution in [0.15, 0.2) is 44.6 Å². The first-order valence-corrected chi connectivity index (χ1v) is 11.6. The molecule has 0 spiro atoms. The molecular formula is C15H16BrClN2O7S2. The largest absolute Gasteiger partial charge is 0.507 e. The van der Waals surface area contributed by atoms with Crippen LogP contribution in [0.5, 0.6) is 11.5 Å². The van der Waals surface area contributed by atoms with Crippen LogP contribution in [0.1, 0.15) is 0 Å². The number of hydrogen-bond donors (Lipinski definition) is 4. The Morgan fingerprint density at radius 2 is 1.75 bits per heavy atom. The lowest BCUT2D eigenvalue weighted by Gasteiger charge is -2.15. The Morgan fingerprint density at radius 1 is 1.07 bits per heavy atom. The molecule has 0 aliphatic carbocycles. The summed E-state index contributed by atoms with van der Waals surface area (Å²) in [6.45, 7) is 0.0139. The van der Waals surface area contributed by atoms with Crippen LogP contribution in [-0.2, 0) is 24.8 Å². The molecule has 0 unspecified atom stereocenters. The first-order chi connectivity index (χ1) is 13.0. The van der Waals surface area contributed by atoms with Gasteiger partial charge in [0.15, 0.2) is 5.75 Å². The van der Waals surface area contributed by atoms with Gasteiger partial charge in [0, 0.05) is 23.1 Å². The highest BCUT2D eigenvalue weighted by Gasteiger charge is 2.26. The van der Waals surface area contributed by atoms with Crippen molar-refractivity contribution in [2.24, 2.45) is 0 Å². The molecule has 0 aliphatic heterocycles. The Hall–Kier alpha value is -1.57. The minimum atomic E-state index is -4.37. The molecule has 0 bridgehead atoms. The van der Waals surface area contributed by atoms with Gasteiger partial charge in [0.05, 0.1) is 12.3 Å². The Labute approximate surface area is 175 Å². The monoisotopic (exact) mass is 514 g/mol. The predicted octanol–water partition coefficient (Wildman–Crippen LogP) is 2.24. The molecule has 0 saturated heterocycles. The highest BCUT2D eigenvalue weighted by Crippen LogP contribution is 2.37. The fourth-order valence-corrected chi connectivity index (χ4v) is 5.25. The van der Waals surface area contributed by atoms with Gasteiger partial charge >= 0.3 is 0 Å². The minimum absolute atomic E-state index is 0.0717. The second-order valence-electron chi connectivity index (χ2n) is 5.41. The zero-order valence-corrected chi connectivity index (χ0v) is 18.3. The van der Waals surface area contributed by atoms with Gasteiger partial charge in [0.2, 0.25) is 10.0 Å². The highest BCUT2D eigenvalue weighted by atomic mass is 79.9. The second kappa shape index (κ2) is 8.84. The molecule has 154 valence electrons. The van der Waals surface area contributed by atoms with Crippen LogP contribution >= 0.6 is 27.5 Å². The summed E-state index contributed by atoms with van der Waals surface area (Å²) in [5.74, 6) is -1.39. The number of aromatic hydroxyl groups is 2. The molecule has 0 aliphatic rings. The Balaban J connectivity index is 2.47. The lowest BCUT2D eigenvalue weighted by Crippen LogP contribution is -2.27. The number of nitrogens with one attached hydrogen (secondary N) is 2. The molecule has 0 atom stereocenters. The van der Waals surface area contributed by atoms with Crippen LogP contribution in [0.25, 0.3) is 0 Å². The fraction of sp³-hybridized carbons (Fsp3) is 0.200. The standard InChI is InChI=1S/C15H16BrClN2O7S2/c1-26-5-4-18-27(22,23)14-8-10(17)7-11(15(14)21)19-28(24,25)13-6-9(16)2-3-12(13)20/h2-3,6-8,18-21H,4-5H2,1H3. The van der Waals surface area contributed by atoms with E-state index < -0.39 is 47.0 Å². The van der Waals surface area contributed by atoms with E-state index in [9.17, 15) is 27.0 Å². The summed E-state index contributed by atoms with van der Waals surface area (Å²) in [4.78, 5) is -1.10. The van der Waals surface area contributed by atoms with E-state index in [0.717, 1.165) is 24.3 Å². The number of benzene rings is 2. The smallest absolute Gasteiger partial charge is 0.265 e. The van der Waals surface area contributed by atoms with Gasteiger partial charge in [-0.3, -0.25) is 4.72 Å². The molecule has 2 aromatic rings. The van der Waals surface area contributed by atoms with Gasteiger partial charge in [0.1, 0.15) is 15.5 Å². The maximum atomic E-state index is 12.6. The number of ether oxygens (including phenoxy) is 1. The summed E-state index contributed by atoms with van der Waals surface area (Å²) < 4.78 is 59.2. The zero-order chi connectivity index (χ0) is 21.1. The summed E-state index contributed by atoms with van der Waals surface area (Å²) in [6, 6.07) is 5.74. The van der Waals surface area contributed by atoms with E-state index in [1.54, 1.807) is 0 Å². The van der Waals surface area contributed by atoms with Gasteiger partial charge in [-0.15, -0.1) is 0 Å². The van der Waals surface area contributed by atoms with Gasteiger partial charge in [-0.1, -0.05) is 27.5 Å². The van der Waals surface area contributed by atoms with E-state index in [2.05, 4.69) is 20.7 Å². The number of hydrogen-bond acceptors (Lipinski definition) is 7. The van der Waals surface area contributed by atoms with Gasteiger partial charge in [-0.2, -0.15) is 0 Å². The van der Waals surface area contributed by atoms with E-state index in [1.165, 1.54) is 13.2 Å². The quantitative estimate of drug-likeness (QED) is 0.312. The van der Waals surface area contributed by atoms with E-state index in [0.29, 0.717) is 4.47 Å². The maximum absolute atomic E-state index is 12.6. The molecule has 0 aromatic heterocycles. The van der Waals surface area contributed by atoms with Gasteiger partial charge in [-0.25, -0.2) is 21.6 Å². The van der Waals surface area contributed by atoms with Crippen molar-refractivity contribution in [3.63, 3.8) is 0 Å². The molecule has 2 aromatic carbocycles. The molecular weight excluding hydrogens is 500 g/mol. The van der Waals surface area contributed by atoms with Crippen LogP contribution in [0.3, 0.4) is 0 Å². The lowest BCUT2D eigenvalue weighted by molar-refractivity contribution is 0.204. The third-order valence-corrected chi connectivity index (χ3v) is 6.96. The van der Waals surface area contributed by atoms with Crippen molar-refractivity contribution in [1.29, 1.82) is 0 Å². The number of phenolic OH excluding ortho intramolecular Hbond substituents is 2. The normalized spacial score (nSPS) is 12.1. The van der Waals surface area contributed by atoms with E-state index in [4.69, 9.17) is 16.3 Å². The molecule has 0 amide bonds. The average molecular weight is 516 g/mol. The second-order valence-corrected chi connectivity index (χ2v) is 10.1. The minimum Gasteiger partial charge on any atom is -0.507 e. The number of rotatable bonds is 8. The molecule has 9 nitrogen and oxygen atoms in total. The summed E-state index contributed by atoms with van der Waals surface area (Å²) >= 11 is 9.00. The predicted molar refractivity (Wildman–Crippen MR) is 107 cm³/mol. The first kappa shape index (κ1) is 22.7. The van der Waals surface area contributed by atoms with Crippen molar-refractivity contribution in [2.45, 2.75) is 9.79 Å². The van der Waals surface area contributed by atoms with E-state index in [1.807, 2.05) is 4.72 Å². The molecule has 0 saturated carbocycles. The molecule has 0 radical (unpaired) electrons. The van der Waals surface area contributed by atoms with Crippen LogP contribution in [0.4, 0.5) is 5.69 Å². The number of methoxy groups -OCH3 is 1. The van der Waals surface area contributed by atoms with Crippen molar-refractivity contribution < 1.29 is 31.8 Å². The van der Waals surface area contributed by atoms with Gasteiger partial charge < -0.3 is 14.9 Å².